The zero-order valence-electron chi connectivity index (χ0n) is 9.62. The van der Waals surface area contributed by atoms with Gasteiger partial charge in [0, 0.05) is 11.3 Å². The molecular formula is C12H13ClN2OS. The van der Waals surface area contributed by atoms with Crippen molar-refractivity contribution in [3.63, 3.8) is 0 Å². The maximum atomic E-state index is 9.81. The molecule has 1 heterocycles. The van der Waals surface area contributed by atoms with Gasteiger partial charge in [0.15, 0.2) is 0 Å². The first kappa shape index (κ1) is 12.2. The summed E-state index contributed by atoms with van der Waals surface area (Å²) in [6.45, 7) is 4.38. The van der Waals surface area contributed by atoms with E-state index in [1.165, 1.54) is 11.3 Å². The normalized spacial score (nSPS) is 10.5. The van der Waals surface area contributed by atoms with E-state index in [-0.39, 0.29) is 0 Å². The Hall–Kier alpha value is -1.26. The lowest BCUT2D eigenvalue weighted by Gasteiger charge is -2.11. The number of thiazole rings is 1. The second-order valence-corrected chi connectivity index (χ2v) is 5.56. The van der Waals surface area contributed by atoms with Gasteiger partial charge in [0.05, 0.1) is 12.7 Å². The summed E-state index contributed by atoms with van der Waals surface area (Å²) in [5, 5.41) is 14.0. The van der Waals surface area contributed by atoms with Crippen molar-refractivity contribution in [3.05, 3.63) is 38.8 Å². The summed E-state index contributed by atoms with van der Waals surface area (Å²) in [5.41, 5.74) is 2.65. The number of aryl methyl sites for hydroxylation is 1. The number of nitrogens with zero attached hydrogens (tertiary/aromatic N) is 1. The number of anilines is 1. The highest BCUT2D eigenvalue weighted by molar-refractivity contribution is 7.15. The van der Waals surface area contributed by atoms with Crippen LogP contribution in [0.5, 0.6) is 5.75 Å². The molecule has 2 N–H and O–H groups in total. The van der Waals surface area contributed by atoms with Crippen molar-refractivity contribution in [1.82, 2.24) is 4.98 Å². The van der Waals surface area contributed by atoms with Crippen LogP contribution in [-0.2, 0) is 6.54 Å². The Labute approximate surface area is 109 Å². The molecule has 0 aliphatic heterocycles. The fourth-order valence-corrected chi connectivity index (χ4v) is 2.46. The van der Waals surface area contributed by atoms with Gasteiger partial charge in [0.25, 0.3) is 0 Å². The van der Waals surface area contributed by atoms with Gasteiger partial charge in [-0.3, -0.25) is 0 Å². The smallest absolute Gasteiger partial charge is 0.123 e. The Kier molecular flexibility index (Phi) is 3.54. The van der Waals surface area contributed by atoms with Crippen molar-refractivity contribution in [1.29, 1.82) is 0 Å². The molecule has 0 aliphatic carbocycles. The van der Waals surface area contributed by atoms with Gasteiger partial charge in [-0.25, -0.2) is 4.98 Å². The summed E-state index contributed by atoms with van der Waals surface area (Å²) in [6.07, 6.45) is 1.64. The zero-order chi connectivity index (χ0) is 12.4. The molecule has 1 aromatic carbocycles. The quantitative estimate of drug-likeness (QED) is 0.892. The minimum atomic E-state index is 0.340. The highest BCUT2D eigenvalue weighted by Crippen LogP contribution is 2.28. The van der Waals surface area contributed by atoms with Gasteiger partial charge in [-0.15, -0.1) is 11.3 Å². The van der Waals surface area contributed by atoms with Gasteiger partial charge in [-0.2, -0.15) is 0 Å². The molecule has 5 heteroatoms. The third-order valence-electron chi connectivity index (χ3n) is 2.59. The predicted octanol–water partition coefficient (Wildman–Crippen LogP) is 3.73. The van der Waals surface area contributed by atoms with Gasteiger partial charge in [0.1, 0.15) is 15.1 Å². The lowest BCUT2D eigenvalue weighted by atomic mass is 10.1. The van der Waals surface area contributed by atoms with Crippen LogP contribution >= 0.6 is 22.9 Å². The molecule has 0 atom stereocenters. The standard InChI is InChI=1S/C12H13ClN2OS/c1-7-3-4-9(8(2)12(7)16)14-6-11-15-5-10(13)17-11/h3-5,14,16H,6H2,1-2H3. The third-order valence-corrected chi connectivity index (χ3v) is 3.70. The van der Waals surface area contributed by atoms with Crippen molar-refractivity contribution in [2.45, 2.75) is 20.4 Å². The first-order valence-corrected chi connectivity index (χ1v) is 6.40. The molecule has 0 saturated carbocycles. The SMILES string of the molecule is Cc1ccc(NCc2ncc(Cl)s2)c(C)c1O. The monoisotopic (exact) mass is 268 g/mol. The number of rotatable bonds is 3. The predicted molar refractivity (Wildman–Crippen MR) is 72.0 cm³/mol. The molecule has 0 amide bonds. The molecule has 0 fully saturated rings. The first-order chi connectivity index (χ1) is 8.08. The van der Waals surface area contributed by atoms with Crippen LogP contribution in [0, 0.1) is 13.8 Å². The van der Waals surface area contributed by atoms with Crippen LogP contribution in [0.4, 0.5) is 5.69 Å². The van der Waals surface area contributed by atoms with Crippen molar-refractivity contribution < 1.29 is 5.11 Å². The van der Waals surface area contributed by atoms with Crippen LogP contribution in [0.25, 0.3) is 0 Å². The number of phenols is 1. The zero-order valence-corrected chi connectivity index (χ0v) is 11.2. The van der Waals surface area contributed by atoms with E-state index in [2.05, 4.69) is 10.3 Å². The molecule has 17 heavy (non-hydrogen) atoms. The second-order valence-electron chi connectivity index (χ2n) is 3.82. The van der Waals surface area contributed by atoms with Crippen LogP contribution < -0.4 is 5.32 Å². The summed E-state index contributed by atoms with van der Waals surface area (Å²) in [5.74, 6) is 0.340. The number of phenolic OH excluding ortho intramolecular Hbond substituents is 1. The summed E-state index contributed by atoms with van der Waals surface area (Å²) in [4.78, 5) is 4.16. The molecule has 2 rings (SSSR count). The van der Waals surface area contributed by atoms with E-state index < -0.39 is 0 Å². The molecule has 0 bridgehead atoms. The number of nitrogens with one attached hydrogen (secondary N) is 1. The van der Waals surface area contributed by atoms with E-state index in [1.807, 2.05) is 26.0 Å². The second kappa shape index (κ2) is 4.94. The number of aromatic hydroxyl groups is 1. The van der Waals surface area contributed by atoms with E-state index in [9.17, 15) is 5.11 Å². The average Bonchev–Trinajstić information content (AvgIpc) is 2.71. The summed E-state index contributed by atoms with van der Waals surface area (Å²) >= 11 is 7.26. The van der Waals surface area contributed by atoms with Crippen LogP contribution in [0.15, 0.2) is 18.3 Å². The van der Waals surface area contributed by atoms with E-state index >= 15 is 0 Å². The first-order valence-electron chi connectivity index (χ1n) is 5.21. The maximum Gasteiger partial charge on any atom is 0.123 e. The summed E-state index contributed by atoms with van der Waals surface area (Å²) in [7, 11) is 0. The van der Waals surface area contributed by atoms with Crippen molar-refractivity contribution in [2.75, 3.05) is 5.32 Å². The Morgan fingerprint density at radius 3 is 2.82 bits per heavy atom. The van der Waals surface area contributed by atoms with Gasteiger partial charge < -0.3 is 10.4 Å². The van der Waals surface area contributed by atoms with E-state index in [4.69, 9.17) is 11.6 Å². The van der Waals surface area contributed by atoms with Gasteiger partial charge in [0.2, 0.25) is 0 Å². The van der Waals surface area contributed by atoms with Crippen molar-refractivity contribution in [2.24, 2.45) is 0 Å². The van der Waals surface area contributed by atoms with Crippen LogP contribution in [0.2, 0.25) is 4.34 Å². The summed E-state index contributed by atoms with van der Waals surface area (Å²) < 4.78 is 0.685. The Morgan fingerprint density at radius 2 is 2.18 bits per heavy atom. The van der Waals surface area contributed by atoms with Crippen molar-refractivity contribution >= 4 is 28.6 Å². The minimum Gasteiger partial charge on any atom is -0.507 e. The largest absolute Gasteiger partial charge is 0.507 e. The van der Waals surface area contributed by atoms with Crippen LogP contribution in [0.1, 0.15) is 16.1 Å². The molecule has 2 aromatic rings. The molecule has 90 valence electrons. The highest BCUT2D eigenvalue weighted by atomic mass is 35.5. The fraction of sp³-hybridized carbons (Fsp3) is 0.250. The van der Waals surface area contributed by atoms with Gasteiger partial charge in [-0.1, -0.05) is 17.7 Å². The highest BCUT2D eigenvalue weighted by Gasteiger charge is 2.06. The lowest BCUT2D eigenvalue weighted by Crippen LogP contribution is -2.00. The molecule has 0 unspecified atom stereocenters. The maximum absolute atomic E-state index is 9.81. The number of hydrogen-bond donors (Lipinski definition) is 2. The molecule has 0 aliphatic rings. The third kappa shape index (κ3) is 2.70. The number of benzene rings is 1. The molecule has 0 radical (unpaired) electrons. The molecular weight excluding hydrogens is 256 g/mol. The van der Waals surface area contributed by atoms with Crippen LogP contribution in [-0.4, -0.2) is 10.1 Å². The summed E-state index contributed by atoms with van der Waals surface area (Å²) in [6, 6.07) is 3.85. The van der Waals surface area contributed by atoms with Crippen molar-refractivity contribution in [3.8, 4) is 5.75 Å². The molecule has 3 nitrogen and oxygen atoms in total. The average molecular weight is 269 g/mol. The fourth-order valence-electron chi connectivity index (χ4n) is 1.57. The topological polar surface area (TPSA) is 45.2 Å². The number of halogens is 1. The van der Waals surface area contributed by atoms with E-state index in [1.54, 1.807) is 6.20 Å². The Balaban J connectivity index is 2.12. The van der Waals surface area contributed by atoms with E-state index in [0.29, 0.717) is 16.6 Å². The lowest BCUT2D eigenvalue weighted by molar-refractivity contribution is 0.467. The van der Waals surface area contributed by atoms with Crippen LogP contribution in [0.3, 0.4) is 0 Å². The Bertz CT molecular complexity index is 539. The van der Waals surface area contributed by atoms with Gasteiger partial charge in [-0.05, 0) is 25.5 Å². The minimum absolute atomic E-state index is 0.340. The molecule has 0 saturated heterocycles. The number of aromatic nitrogens is 1. The molecule has 1 aromatic heterocycles. The van der Waals surface area contributed by atoms with E-state index in [0.717, 1.165) is 21.8 Å². The Morgan fingerprint density at radius 1 is 1.41 bits per heavy atom. The van der Waals surface area contributed by atoms with Gasteiger partial charge >= 0.3 is 0 Å². The number of hydrogen-bond acceptors (Lipinski definition) is 4. The molecule has 0 spiro atoms.